The molecular weight excluding hydrogens is 363 g/mol. The number of aromatic nitrogens is 2. The van der Waals surface area contributed by atoms with Gasteiger partial charge in [-0.25, -0.2) is 4.68 Å². The van der Waals surface area contributed by atoms with Crippen LogP contribution in [0.25, 0.3) is 5.69 Å². The van der Waals surface area contributed by atoms with Gasteiger partial charge in [-0.3, -0.25) is 9.59 Å². The number of hydrogen-bond donors (Lipinski definition) is 1. The van der Waals surface area contributed by atoms with Crippen LogP contribution < -0.4 is 5.43 Å². The Morgan fingerprint density at radius 1 is 1.33 bits per heavy atom. The Bertz CT molecular complexity index is 698. The summed E-state index contributed by atoms with van der Waals surface area (Å²) in [7, 11) is 0. The summed E-state index contributed by atoms with van der Waals surface area (Å²) in [4.78, 5) is 22.7. The number of rotatable bonds is 4. The van der Waals surface area contributed by atoms with Crippen molar-refractivity contribution < 1.29 is 9.90 Å². The quantitative estimate of drug-likeness (QED) is 0.821. The molecule has 1 N–H and O–H groups in total. The van der Waals surface area contributed by atoms with Crippen LogP contribution in [0.4, 0.5) is 0 Å². The zero-order chi connectivity index (χ0) is 14.7. The van der Waals surface area contributed by atoms with Gasteiger partial charge in [0.1, 0.15) is 0 Å². The first kappa shape index (κ1) is 18.7. The molecule has 0 aliphatic heterocycles. The fourth-order valence-electron chi connectivity index (χ4n) is 2.04. The summed E-state index contributed by atoms with van der Waals surface area (Å²) in [6.45, 7) is 1.87. The van der Waals surface area contributed by atoms with E-state index in [0.717, 1.165) is 10.2 Å². The molecular formula is C14H14BrKN2O3. The van der Waals surface area contributed by atoms with Gasteiger partial charge in [0.25, 0.3) is 0 Å². The zero-order valence-corrected chi connectivity index (χ0v) is 12.4. The van der Waals surface area contributed by atoms with Crippen LogP contribution in [0.3, 0.4) is 0 Å². The van der Waals surface area contributed by atoms with Crippen LogP contribution in [-0.4, -0.2) is 72.2 Å². The molecule has 0 spiro atoms. The van der Waals surface area contributed by atoms with Gasteiger partial charge in [-0.2, -0.15) is 5.10 Å². The van der Waals surface area contributed by atoms with Crippen LogP contribution in [0.15, 0.2) is 39.7 Å². The molecule has 0 bridgehead atoms. The molecule has 2 rings (SSSR count). The first-order valence-electron chi connectivity index (χ1n) is 6.10. The molecule has 0 amide bonds. The van der Waals surface area contributed by atoms with E-state index in [0.29, 0.717) is 12.1 Å². The van der Waals surface area contributed by atoms with Gasteiger partial charge in [-0.1, -0.05) is 22.9 Å². The van der Waals surface area contributed by atoms with Gasteiger partial charge in [-0.05, 0) is 30.7 Å². The zero-order valence-electron chi connectivity index (χ0n) is 10.8. The topological polar surface area (TPSA) is 72.2 Å². The summed E-state index contributed by atoms with van der Waals surface area (Å²) in [6, 6.07) is 7.44. The van der Waals surface area contributed by atoms with Crippen LogP contribution in [0.2, 0.25) is 0 Å². The Morgan fingerprint density at radius 3 is 2.48 bits per heavy atom. The molecule has 5 nitrogen and oxygen atoms in total. The van der Waals surface area contributed by atoms with Crippen LogP contribution in [0.5, 0.6) is 0 Å². The Hall–Kier alpha value is -0.314. The number of nitrogens with zero attached hydrogens (tertiary/aromatic N) is 2. The summed E-state index contributed by atoms with van der Waals surface area (Å²) in [5.41, 5.74) is 1.37. The summed E-state index contributed by atoms with van der Waals surface area (Å²) in [6.07, 6.45) is 1.41. The second kappa shape index (κ2) is 8.35. The number of carboxylic acid groups (broad SMARTS) is 1. The van der Waals surface area contributed by atoms with Gasteiger partial charge >= 0.3 is 57.4 Å². The molecule has 0 unspecified atom stereocenters. The van der Waals surface area contributed by atoms with Gasteiger partial charge in [-0.15, -0.1) is 0 Å². The van der Waals surface area contributed by atoms with E-state index in [9.17, 15) is 9.59 Å². The first-order valence-corrected chi connectivity index (χ1v) is 6.90. The minimum atomic E-state index is -1.02. The molecule has 0 atom stereocenters. The van der Waals surface area contributed by atoms with Crippen molar-refractivity contribution in [1.29, 1.82) is 0 Å². The molecule has 0 aliphatic carbocycles. The average Bonchev–Trinajstić information content (AvgIpc) is 2.41. The molecule has 7 heteroatoms. The predicted molar refractivity (Wildman–Crippen MR) is 85.4 cm³/mol. The van der Waals surface area contributed by atoms with Crippen LogP contribution in [0.1, 0.15) is 18.2 Å². The number of benzene rings is 1. The fraction of sp³-hybridized carbons (Fsp3) is 0.214. The van der Waals surface area contributed by atoms with E-state index in [4.69, 9.17) is 5.11 Å². The van der Waals surface area contributed by atoms with Crippen LogP contribution in [0, 0.1) is 0 Å². The van der Waals surface area contributed by atoms with Crippen molar-refractivity contribution in [2.24, 2.45) is 0 Å². The van der Waals surface area contributed by atoms with Gasteiger partial charge < -0.3 is 5.11 Å². The Balaban J connectivity index is 0.00000220. The van der Waals surface area contributed by atoms with E-state index in [-0.39, 0.29) is 68.8 Å². The Labute approximate surface area is 172 Å². The van der Waals surface area contributed by atoms with Crippen LogP contribution >= 0.6 is 15.9 Å². The predicted octanol–water partition coefficient (Wildman–Crippen LogP) is 1.54. The van der Waals surface area contributed by atoms with Crippen molar-refractivity contribution in [2.75, 3.05) is 0 Å². The molecule has 0 fully saturated rings. The second-order valence-electron chi connectivity index (χ2n) is 4.25. The molecule has 0 radical (unpaired) electrons. The number of hydrogen-bond acceptors (Lipinski definition) is 3. The summed E-state index contributed by atoms with van der Waals surface area (Å²) in [5.74, 6) is -1.02. The van der Waals surface area contributed by atoms with Crippen molar-refractivity contribution in [1.82, 2.24) is 9.78 Å². The summed E-state index contributed by atoms with van der Waals surface area (Å²) < 4.78 is 2.55. The van der Waals surface area contributed by atoms with Gasteiger partial charge in [0.2, 0.25) is 5.43 Å². The molecule has 1 aromatic carbocycles. The van der Waals surface area contributed by atoms with E-state index >= 15 is 0 Å². The van der Waals surface area contributed by atoms with Crippen molar-refractivity contribution in [3.63, 3.8) is 0 Å². The molecule has 1 heterocycles. The normalized spacial score (nSPS) is 10.0. The molecule has 2 aromatic rings. The van der Waals surface area contributed by atoms with Gasteiger partial charge in [0, 0.05) is 10.0 Å². The van der Waals surface area contributed by atoms with Gasteiger partial charge in [0.15, 0.2) is 0 Å². The van der Waals surface area contributed by atoms with E-state index in [1.54, 1.807) is 4.68 Å². The van der Waals surface area contributed by atoms with Crippen molar-refractivity contribution in [2.45, 2.75) is 19.8 Å². The summed E-state index contributed by atoms with van der Waals surface area (Å²) >= 11 is 3.36. The molecule has 21 heavy (non-hydrogen) atoms. The van der Waals surface area contributed by atoms with Crippen molar-refractivity contribution in [3.8, 4) is 5.69 Å². The third-order valence-corrected chi connectivity index (χ3v) is 3.45. The molecule has 1 aromatic heterocycles. The van der Waals surface area contributed by atoms with Gasteiger partial charge in [0.05, 0.1) is 24.0 Å². The number of carboxylic acids is 1. The molecule has 106 valence electrons. The Morgan fingerprint density at radius 2 is 1.95 bits per heavy atom. The van der Waals surface area contributed by atoms with E-state index in [2.05, 4.69) is 21.0 Å². The first-order chi connectivity index (χ1) is 9.52. The third-order valence-electron chi connectivity index (χ3n) is 2.93. The van der Waals surface area contributed by atoms with Crippen molar-refractivity contribution >= 4 is 73.3 Å². The van der Waals surface area contributed by atoms with E-state index in [1.807, 2.05) is 31.2 Å². The summed E-state index contributed by atoms with van der Waals surface area (Å²) in [5, 5.41) is 13.0. The Kier molecular flexibility index (Phi) is 7.45. The molecule has 0 aliphatic rings. The SMILES string of the molecule is CCc1c(CC(=O)O)c(=O)cnn1-c1ccc(Br)cc1.[KH]. The average molecular weight is 377 g/mol. The van der Waals surface area contributed by atoms with Crippen LogP contribution in [-0.2, 0) is 17.6 Å². The van der Waals surface area contributed by atoms with Crippen molar-refractivity contribution in [3.05, 3.63) is 56.4 Å². The maximum absolute atomic E-state index is 11.8. The second-order valence-corrected chi connectivity index (χ2v) is 5.16. The maximum atomic E-state index is 11.8. The number of carbonyl (C=O) groups is 1. The monoisotopic (exact) mass is 376 g/mol. The van der Waals surface area contributed by atoms with E-state index in [1.165, 1.54) is 6.20 Å². The standard InChI is InChI=1S/C14H13BrN2O3.K.H/c1-2-12-11(7-14(19)20)13(18)8-16-17(12)10-5-3-9(15)4-6-10;;/h3-6,8H,2,7H2,1H3,(H,19,20);;. The minimum absolute atomic E-state index is 0. The molecule has 0 saturated heterocycles. The third kappa shape index (κ3) is 4.58. The van der Waals surface area contributed by atoms with E-state index < -0.39 is 5.97 Å². The molecule has 0 saturated carbocycles. The number of halogens is 1. The fourth-order valence-corrected chi connectivity index (χ4v) is 2.30. The number of aliphatic carboxylic acids is 1.